The Balaban J connectivity index is 1.83. The SMILES string of the molecule is Cc1ccc2c(oc3ccccc32)c1N1[CH]N(C)c2cccnc21. The molecule has 0 fully saturated rings. The van der Waals surface area contributed by atoms with Gasteiger partial charge in [0.05, 0.1) is 11.4 Å². The van der Waals surface area contributed by atoms with E-state index < -0.39 is 0 Å². The first-order chi connectivity index (χ1) is 11.7. The molecule has 0 saturated carbocycles. The number of hydrogen-bond acceptors (Lipinski definition) is 4. The Bertz CT molecular complexity index is 1080. The second-order valence-corrected chi connectivity index (χ2v) is 6.15. The van der Waals surface area contributed by atoms with Crippen molar-refractivity contribution in [3.8, 4) is 0 Å². The van der Waals surface area contributed by atoms with Crippen LogP contribution < -0.4 is 9.80 Å². The summed E-state index contributed by atoms with van der Waals surface area (Å²) in [6.07, 6.45) is 1.83. The van der Waals surface area contributed by atoms with E-state index in [1.807, 2.05) is 37.5 Å². The summed E-state index contributed by atoms with van der Waals surface area (Å²) >= 11 is 0. The number of para-hydroxylation sites is 1. The molecule has 117 valence electrons. The van der Waals surface area contributed by atoms with Crippen LogP contribution in [0.25, 0.3) is 21.9 Å². The molecule has 24 heavy (non-hydrogen) atoms. The van der Waals surface area contributed by atoms with Crippen molar-refractivity contribution < 1.29 is 4.42 Å². The van der Waals surface area contributed by atoms with E-state index in [0.29, 0.717) is 0 Å². The number of hydrogen-bond donors (Lipinski definition) is 0. The molecule has 4 nitrogen and oxygen atoms in total. The maximum absolute atomic E-state index is 6.22. The quantitative estimate of drug-likeness (QED) is 0.495. The fourth-order valence-corrected chi connectivity index (χ4v) is 3.48. The smallest absolute Gasteiger partial charge is 0.159 e. The van der Waals surface area contributed by atoms with Crippen molar-refractivity contribution in [1.29, 1.82) is 0 Å². The second kappa shape index (κ2) is 4.74. The lowest BCUT2D eigenvalue weighted by atomic mass is 10.1. The Hall–Kier alpha value is -3.01. The van der Waals surface area contributed by atoms with Gasteiger partial charge in [0.2, 0.25) is 0 Å². The van der Waals surface area contributed by atoms with Crippen LogP contribution in [0.5, 0.6) is 0 Å². The van der Waals surface area contributed by atoms with Crippen molar-refractivity contribution in [2.75, 3.05) is 16.8 Å². The van der Waals surface area contributed by atoms with E-state index in [-0.39, 0.29) is 0 Å². The highest BCUT2D eigenvalue weighted by Gasteiger charge is 2.29. The van der Waals surface area contributed by atoms with Crippen LogP contribution in [-0.4, -0.2) is 12.0 Å². The molecule has 3 heterocycles. The number of anilines is 3. The zero-order chi connectivity index (χ0) is 16.3. The summed E-state index contributed by atoms with van der Waals surface area (Å²) in [5.41, 5.74) is 5.11. The molecule has 0 N–H and O–H groups in total. The lowest BCUT2D eigenvalue weighted by Crippen LogP contribution is -2.18. The lowest BCUT2D eigenvalue weighted by molar-refractivity contribution is 0.668. The summed E-state index contributed by atoms with van der Waals surface area (Å²) < 4.78 is 6.22. The van der Waals surface area contributed by atoms with E-state index in [1.165, 1.54) is 0 Å². The number of rotatable bonds is 1. The van der Waals surface area contributed by atoms with Gasteiger partial charge in [-0.2, -0.15) is 0 Å². The van der Waals surface area contributed by atoms with Crippen LogP contribution in [0, 0.1) is 13.6 Å². The first kappa shape index (κ1) is 13.4. The van der Waals surface area contributed by atoms with Gasteiger partial charge in [-0.15, -0.1) is 0 Å². The number of nitrogens with zero attached hydrogens (tertiary/aromatic N) is 3. The zero-order valence-electron chi connectivity index (χ0n) is 13.5. The Morgan fingerprint density at radius 2 is 1.83 bits per heavy atom. The van der Waals surface area contributed by atoms with Gasteiger partial charge in [-0.05, 0) is 30.7 Å². The van der Waals surface area contributed by atoms with E-state index in [4.69, 9.17) is 4.42 Å². The average molecular weight is 314 g/mol. The third-order valence-corrected chi connectivity index (χ3v) is 4.63. The Kier molecular flexibility index (Phi) is 2.65. The molecule has 2 aromatic carbocycles. The van der Waals surface area contributed by atoms with Crippen LogP contribution in [-0.2, 0) is 0 Å². The van der Waals surface area contributed by atoms with E-state index in [0.717, 1.165) is 44.7 Å². The summed E-state index contributed by atoms with van der Waals surface area (Å²) in [5.74, 6) is 0.927. The van der Waals surface area contributed by atoms with Crippen molar-refractivity contribution in [2.24, 2.45) is 0 Å². The van der Waals surface area contributed by atoms with E-state index in [1.54, 1.807) is 0 Å². The van der Waals surface area contributed by atoms with E-state index in [9.17, 15) is 0 Å². The average Bonchev–Trinajstić information content (AvgIpc) is 3.13. The molecule has 4 heteroatoms. The minimum Gasteiger partial charge on any atom is -0.454 e. The predicted molar refractivity (Wildman–Crippen MR) is 97.5 cm³/mol. The highest BCUT2D eigenvalue weighted by atomic mass is 16.3. The minimum atomic E-state index is 0.902. The van der Waals surface area contributed by atoms with Gasteiger partial charge in [0.25, 0.3) is 0 Å². The van der Waals surface area contributed by atoms with E-state index in [2.05, 4.69) is 52.6 Å². The summed E-state index contributed by atoms with van der Waals surface area (Å²) in [6, 6.07) is 16.5. The highest BCUT2D eigenvalue weighted by molar-refractivity contribution is 6.10. The maximum atomic E-state index is 6.22. The normalized spacial score (nSPS) is 13.9. The highest BCUT2D eigenvalue weighted by Crippen LogP contribution is 2.45. The number of aromatic nitrogens is 1. The van der Waals surface area contributed by atoms with Gasteiger partial charge in [0.1, 0.15) is 12.3 Å². The molecular formula is C20H16N3O. The molecule has 1 radical (unpaired) electrons. The van der Waals surface area contributed by atoms with Crippen LogP contribution in [0.3, 0.4) is 0 Å². The van der Waals surface area contributed by atoms with Crippen LogP contribution in [0.4, 0.5) is 17.2 Å². The van der Waals surface area contributed by atoms with Crippen LogP contribution in [0.1, 0.15) is 5.56 Å². The molecule has 0 spiro atoms. The van der Waals surface area contributed by atoms with Gasteiger partial charge < -0.3 is 9.32 Å². The minimum absolute atomic E-state index is 0.902. The van der Waals surface area contributed by atoms with Gasteiger partial charge >= 0.3 is 0 Å². The summed E-state index contributed by atoms with van der Waals surface area (Å²) in [5, 5.41) is 2.27. The molecule has 2 aromatic heterocycles. The lowest BCUT2D eigenvalue weighted by Gasteiger charge is -2.20. The van der Waals surface area contributed by atoms with Gasteiger partial charge in [-0.3, -0.25) is 4.90 Å². The maximum Gasteiger partial charge on any atom is 0.159 e. The molecule has 0 atom stereocenters. The predicted octanol–water partition coefficient (Wildman–Crippen LogP) is 5.00. The molecular weight excluding hydrogens is 298 g/mol. The number of pyridine rings is 1. The third-order valence-electron chi connectivity index (χ3n) is 4.63. The molecule has 1 aliphatic heterocycles. The van der Waals surface area contributed by atoms with Gasteiger partial charge in [-0.1, -0.05) is 30.3 Å². The Labute approximate surface area is 139 Å². The monoisotopic (exact) mass is 314 g/mol. The number of benzene rings is 2. The van der Waals surface area contributed by atoms with E-state index >= 15 is 0 Å². The third kappa shape index (κ3) is 1.71. The molecule has 1 aliphatic rings. The van der Waals surface area contributed by atoms with Crippen molar-refractivity contribution in [2.45, 2.75) is 6.92 Å². The standard InChI is InChI=1S/C20H16N3O/c1-13-9-10-15-14-6-3-4-8-17(14)24-19(15)18(13)23-12-22(2)16-7-5-11-21-20(16)23/h3-12H,1-2H3. The van der Waals surface area contributed by atoms with Gasteiger partial charge in [0.15, 0.2) is 11.4 Å². The fraction of sp³-hybridized carbons (Fsp3) is 0.100. The fourth-order valence-electron chi connectivity index (χ4n) is 3.48. The van der Waals surface area contributed by atoms with Crippen molar-refractivity contribution in [3.05, 3.63) is 67.0 Å². The number of furan rings is 1. The molecule has 5 rings (SSSR count). The largest absolute Gasteiger partial charge is 0.454 e. The van der Waals surface area contributed by atoms with Crippen LogP contribution in [0.2, 0.25) is 0 Å². The molecule has 0 amide bonds. The molecule has 0 saturated heterocycles. The Morgan fingerprint density at radius 3 is 2.75 bits per heavy atom. The van der Waals surface area contributed by atoms with Crippen molar-refractivity contribution >= 4 is 39.1 Å². The van der Waals surface area contributed by atoms with Crippen molar-refractivity contribution in [1.82, 2.24) is 4.98 Å². The van der Waals surface area contributed by atoms with Crippen LogP contribution in [0.15, 0.2) is 59.1 Å². The second-order valence-electron chi connectivity index (χ2n) is 6.15. The first-order valence-electron chi connectivity index (χ1n) is 7.97. The number of fused-ring (bicyclic) bond motifs is 4. The number of aryl methyl sites for hydroxylation is 1. The van der Waals surface area contributed by atoms with Crippen molar-refractivity contribution in [3.63, 3.8) is 0 Å². The molecule has 0 aliphatic carbocycles. The van der Waals surface area contributed by atoms with Gasteiger partial charge in [0, 0.05) is 24.0 Å². The summed E-state index contributed by atoms with van der Waals surface area (Å²) in [6.45, 7) is 4.17. The molecule has 0 bridgehead atoms. The summed E-state index contributed by atoms with van der Waals surface area (Å²) in [4.78, 5) is 8.79. The first-order valence-corrected chi connectivity index (χ1v) is 7.97. The topological polar surface area (TPSA) is 32.5 Å². The Morgan fingerprint density at radius 1 is 0.958 bits per heavy atom. The zero-order valence-corrected chi connectivity index (χ0v) is 13.5. The molecule has 0 unspecified atom stereocenters. The van der Waals surface area contributed by atoms with Gasteiger partial charge in [-0.25, -0.2) is 4.98 Å². The summed E-state index contributed by atoms with van der Waals surface area (Å²) in [7, 11) is 2.04. The molecule has 4 aromatic rings. The van der Waals surface area contributed by atoms with Crippen LogP contribution >= 0.6 is 0 Å².